The summed E-state index contributed by atoms with van der Waals surface area (Å²) in [6, 6.07) is 5.80. The van der Waals surface area contributed by atoms with Crippen molar-refractivity contribution < 1.29 is 9.18 Å². The number of rotatable bonds is 6. The molecule has 0 saturated carbocycles. The Morgan fingerprint density at radius 1 is 1.27 bits per heavy atom. The summed E-state index contributed by atoms with van der Waals surface area (Å²) in [6.07, 6.45) is 6.08. The SMILES string of the molecule is CCCN1CCC(Cc2nn(C)cc2C(=O)Nc2ccc(F)cc2)CC1. The Kier molecular flexibility index (Phi) is 6.04. The predicted octanol–water partition coefficient (Wildman–Crippen LogP) is 3.48. The van der Waals surface area contributed by atoms with Gasteiger partial charge in [-0.3, -0.25) is 9.48 Å². The third kappa shape index (κ3) is 4.69. The number of nitrogens with zero attached hydrogens (tertiary/aromatic N) is 3. The third-order valence-electron chi connectivity index (χ3n) is 4.98. The maximum atomic E-state index is 13.0. The van der Waals surface area contributed by atoms with E-state index in [1.54, 1.807) is 23.0 Å². The second-order valence-electron chi connectivity index (χ2n) is 7.11. The van der Waals surface area contributed by atoms with Gasteiger partial charge in [-0.2, -0.15) is 5.10 Å². The molecule has 26 heavy (non-hydrogen) atoms. The van der Waals surface area contributed by atoms with Crippen molar-refractivity contribution >= 4 is 11.6 Å². The van der Waals surface area contributed by atoms with Crippen molar-refractivity contribution in [2.75, 3.05) is 25.0 Å². The van der Waals surface area contributed by atoms with Gasteiger partial charge >= 0.3 is 0 Å². The Morgan fingerprint density at radius 2 is 1.96 bits per heavy atom. The van der Waals surface area contributed by atoms with Crippen LogP contribution < -0.4 is 5.32 Å². The van der Waals surface area contributed by atoms with Gasteiger partial charge in [0.1, 0.15) is 5.82 Å². The number of carbonyl (C=O) groups is 1. The van der Waals surface area contributed by atoms with Crippen LogP contribution in [-0.4, -0.2) is 40.2 Å². The van der Waals surface area contributed by atoms with Gasteiger partial charge in [0, 0.05) is 18.9 Å². The lowest BCUT2D eigenvalue weighted by Crippen LogP contribution is -2.35. The first-order chi connectivity index (χ1) is 12.5. The normalized spacial score (nSPS) is 16.0. The summed E-state index contributed by atoms with van der Waals surface area (Å²) in [7, 11) is 1.84. The lowest BCUT2D eigenvalue weighted by atomic mass is 9.91. The molecule has 1 fully saturated rings. The number of nitrogens with one attached hydrogen (secondary N) is 1. The van der Waals surface area contributed by atoms with Crippen LogP contribution in [0.2, 0.25) is 0 Å². The molecule has 1 N–H and O–H groups in total. The van der Waals surface area contributed by atoms with Gasteiger partial charge in [-0.1, -0.05) is 6.92 Å². The molecule has 2 aromatic rings. The maximum absolute atomic E-state index is 13.0. The van der Waals surface area contributed by atoms with Crippen LogP contribution in [0.25, 0.3) is 0 Å². The molecule has 2 heterocycles. The van der Waals surface area contributed by atoms with E-state index in [1.807, 2.05) is 7.05 Å². The van der Waals surface area contributed by atoms with Crippen LogP contribution in [0.4, 0.5) is 10.1 Å². The summed E-state index contributed by atoms with van der Waals surface area (Å²) in [5.74, 6) is 0.0537. The first-order valence-corrected chi connectivity index (χ1v) is 9.37. The number of hydrogen-bond donors (Lipinski definition) is 1. The molecule has 3 rings (SSSR count). The number of aromatic nitrogens is 2. The van der Waals surface area contributed by atoms with Gasteiger partial charge in [0.05, 0.1) is 11.3 Å². The largest absolute Gasteiger partial charge is 0.322 e. The average molecular weight is 358 g/mol. The fourth-order valence-corrected chi connectivity index (χ4v) is 3.61. The topological polar surface area (TPSA) is 50.2 Å². The van der Waals surface area contributed by atoms with E-state index in [0.29, 0.717) is 17.2 Å². The molecule has 1 aromatic carbocycles. The van der Waals surface area contributed by atoms with Gasteiger partial charge in [0.2, 0.25) is 0 Å². The van der Waals surface area contributed by atoms with Crippen LogP contribution in [-0.2, 0) is 13.5 Å². The summed E-state index contributed by atoms with van der Waals surface area (Å²) in [6.45, 7) is 5.64. The summed E-state index contributed by atoms with van der Waals surface area (Å²) < 4.78 is 14.7. The van der Waals surface area contributed by atoms with Crippen LogP contribution in [0.15, 0.2) is 30.5 Å². The van der Waals surface area contributed by atoms with Crippen LogP contribution >= 0.6 is 0 Å². The molecule has 5 nitrogen and oxygen atoms in total. The number of carbonyl (C=O) groups excluding carboxylic acids is 1. The maximum Gasteiger partial charge on any atom is 0.259 e. The number of hydrogen-bond acceptors (Lipinski definition) is 3. The zero-order valence-electron chi connectivity index (χ0n) is 15.5. The molecule has 140 valence electrons. The lowest BCUT2D eigenvalue weighted by molar-refractivity contribution is 0.102. The number of aryl methyl sites for hydroxylation is 1. The van der Waals surface area contributed by atoms with E-state index < -0.39 is 0 Å². The van der Waals surface area contributed by atoms with Crippen molar-refractivity contribution in [3.8, 4) is 0 Å². The Bertz CT molecular complexity index is 733. The summed E-state index contributed by atoms with van der Waals surface area (Å²) in [5, 5.41) is 7.35. The van der Waals surface area contributed by atoms with Gasteiger partial charge in [-0.15, -0.1) is 0 Å². The van der Waals surface area contributed by atoms with Gasteiger partial charge in [0.15, 0.2) is 0 Å². The van der Waals surface area contributed by atoms with E-state index in [0.717, 1.165) is 38.0 Å². The molecule has 1 aliphatic heterocycles. The first-order valence-electron chi connectivity index (χ1n) is 9.37. The second-order valence-corrected chi connectivity index (χ2v) is 7.11. The molecule has 1 aliphatic rings. The van der Waals surface area contributed by atoms with E-state index in [4.69, 9.17) is 0 Å². The zero-order chi connectivity index (χ0) is 18.5. The van der Waals surface area contributed by atoms with E-state index >= 15 is 0 Å². The van der Waals surface area contributed by atoms with E-state index in [9.17, 15) is 9.18 Å². The van der Waals surface area contributed by atoms with Crippen molar-refractivity contribution in [3.05, 3.63) is 47.5 Å². The Labute approximate surface area is 154 Å². The van der Waals surface area contributed by atoms with Crippen LogP contribution in [0.5, 0.6) is 0 Å². The van der Waals surface area contributed by atoms with Crippen molar-refractivity contribution in [2.45, 2.75) is 32.6 Å². The monoisotopic (exact) mass is 358 g/mol. The van der Waals surface area contributed by atoms with Gasteiger partial charge in [-0.25, -0.2) is 4.39 Å². The third-order valence-corrected chi connectivity index (χ3v) is 4.98. The number of anilines is 1. The van der Waals surface area contributed by atoms with Gasteiger partial charge in [-0.05, 0) is 75.5 Å². The Hall–Kier alpha value is -2.21. The van der Waals surface area contributed by atoms with Crippen LogP contribution in [0.1, 0.15) is 42.2 Å². The molecule has 0 spiro atoms. The molecular weight excluding hydrogens is 331 g/mol. The average Bonchev–Trinajstić information content (AvgIpc) is 2.99. The van der Waals surface area contributed by atoms with Crippen molar-refractivity contribution in [3.63, 3.8) is 0 Å². The molecule has 1 saturated heterocycles. The van der Waals surface area contributed by atoms with Gasteiger partial charge in [0.25, 0.3) is 5.91 Å². The number of piperidine rings is 1. The molecule has 0 unspecified atom stereocenters. The smallest absolute Gasteiger partial charge is 0.259 e. The standard InChI is InChI=1S/C20H27FN4O/c1-3-10-25-11-8-15(9-12-25)13-19-18(14-24(2)23-19)20(26)22-17-6-4-16(21)5-7-17/h4-7,14-15H,3,8-13H2,1-2H3,(H,22,26). The summed E-state index contributed by atoms with van der Waals surface area (Å²) in [4.78, 5) is 15.2. The Morgan fingerprint density at radius 3 is 2.62 bits per heavy atom. The highest BCUT2D eigenvalue weighted by molar-refractivity contribution is 6.04. The van der Waals surface area contributed by atoms with Crippen LogP contribution in [0, 0.1) is 11.7 Å². The first kappa shape index (κ1) is 18.6. The quantitative estimate of drug-likeness (QED) is 0.860. The molecule has 1 amide bonds. The molecular formula is C20H27FN4O. The van der Waals surface area contributed by atoms with Crippen molar-refractivity contribution in [1.82, 2.24) is 14.7 Å². The lowest BCUT2D eigenvalue weighted by Gasteiger charge is -2.31. The van der Waals surface area contributed by atoms with E-state index in [2.05, 4.69) is 22.2 Å². The van der Waals surface area contributed by atoms with Crippen molar-refractivity contribution in [1.29, 1.82) is 0 Å². The van der Waals surface area contributed by atoms with Crippen LogP contribution in [0.3, 0.4) is 0 Å². The number of halogens is 1. The Balaban J connectivity index is 1.64. The minimum absolute atomic E-state index is 0.192. The molecule has 0 bridgehead atoms. The van der Waals surface area contributed by atoms with Gasteiger partial charge < -0.3 is 10.2 Å². The summed E-state index contributed by atoms with van der Waals surface area (Å²) >= 11 is 0. The highest BCUT2D eigenvalue weighted by Crippen LogP contribution is 2.23. The fraction of sp³-hybridized carbons (Fsp3) is 0.500. The molecule has 0 radical (unpaired) electrons. The minimum atomic E-state index is -0.320. The number of benzene rings is 1. The zero-order valence-corrected chi connectivity index (χ0v) is 15.5. The molecule has 0 aliphatic carbocycles. The number of likely N-dealkylation sites (tertiary alicyclic amines) is 1. The van der Waals surface area contributed by atoms with Crippen molar-refractivity contribution in [2.24, 2.45) is 13.0 Å². The second kappa shape index (κ2) is 8.45. The minimum Gasteiger partial charge on any atom is -0.322 e. The highest BCUT2D eigenvalue weighted by atomic mass is 19.1. The van der Waals surface area contributed by atoms with E-state index in [1.165, 1.54) is 25.1 Å². The highest BCUT2D eigenvalue weighted by Gasteiger charge is 2.23. The molecule has 6 heteroatoms. The summed E-state index contributed by atoms with van der Waals surface area (Å²) in [5.41, 5.74) is 2.04. The predicted molar refractivity (Wildman–Crippen MR) is 101 cm³/mol. The molecule has 1 aromatic heterocycles. The fourth-order valence-electron chi connectivity index (χ4n) is 3.61. The molecule has 0 atom stereocenters. The number of amides is 1. The van der Waals surface area contributed by atoms with E-state index in [-0.39, 0.29) is 11.7 Å².